The summed E-state index contributed by atoms with van der Waals surface area (Å²) in [4.78, 5) is 36.1. The minimum absolute atomic E-state index is 0.153. The van der Waals surface area contributed by atoms with Crippen molar-refractivity contribution in [3.8, 4) is 6.07 Å². The number of hydrogen-bond donors (Lipinski definition) is 2. The topological polar surface area (TPSA) is 112 Å². The highest BCUT2D eigenvalue weighted by atomic mass is 19.1. The Labute approximate surface area is 166 Å². The number of aryl methyl sites for hydroxylation is 2. The van der Waals surface area contributed by atoms with Gasteiger partial charge >= 0.3 is 0 Å². The lowest BCUT2D eigenvalue weighted by Gasteiger charge is -2.16. The van der Waals surface area contributed by atoms with Gasteiger partial charge < -0.3 is 10.3 Å². The minimum atomic E-state index is -0.450. The second-order valence-corrected chi connectivity index (χ2v) is 6.80. The van der Waals surface area contributed by atoms with Gasteiger partial charge in [-0.2, -0.15) is 5.26 Å². The summed E-state index contributed by atoms with van der Waals surface area (Å²) in [5, 5.41) is 12.3. The Kier molecular flexibility index (Phi) is 5.69. The van der Waals surface area contributed by atoms with Gasteiger partial charge in [-0.05, 0) is 43.5 Å². The monoisotopic (exact) mass is 393 g/mol. The van der Waals surface area contributed by atoms with Crippen LogP contribution in [0.2, 0.25) is 0 Å². The first-order chi connectivity index (χ1) is 13.8. The van der Waals surface area contributed by atoms with Crippen molar-refractivity contribution in [2.75, 3.05) is 0 Å². The zero-order chi connectivity index (χ0) is 21.1. The SMILES string of the molecule is CC[C@@H](NC(=O)Cc1c(C)c2c(C)c(F)ccc2[nH]c1=O)c1ncc(C#N)cn1. The first-order valence-electron chi connectivity index (χ1n) is 9.17. The maximum Gasteiger partial charge on any atom is 0.252 e. The van der Waals surface area contributed by atoms with Crippen LogP contribution in [0.4, 0.5) is 4.39 Å². The number of carbonyl (C=O) groups is 1. The summed E-state index contributed by atoms with van der Waals surface area (Å²) in [7, 11) is 0. The van der Waals surface area contributed by atoms with Gasteiger partial charge in [0.15, 0.2) is 5.82 Å². The van der Waals surface area contributed by atoms with Gasteiger partial charge in [0.1, 0.15) is 11.9 Å². The fraction of sp³-hybridized carbons (Fsp3) is 0.286. The Morgan fingerprint density at radius 2 is 1.97 bits per heavy atom. The fourth-order valence-electron chi connectivity index (χ4n) is 3.34. The zero-order valence-corrected chi connectivity index (χ0v) is 16.3. The second-order valence-electron chi connectivity index (χ2n) is 6.80. The minimum Gasteiger partial charge on any atom is -0.346 e. The highest BCUT2D eigenvalue weighted by molar-refractivity contribution is 5.88. The second kappa shape index (κ2) is 8.19. The van der Waals surface area contributed by atoms with Crippen molar-refractivity contribution in [2.24, 2.45) is 0 Å². The predicted octanol–water partition coefficient (Wildman–Crippen LogP) is 2.76. The van der Waals surface area contributed by atoms with Crippen LogP contribution in [0.5, 0.6) is 0 Å². The van der Waals surface area contributed by atoms with Gasteiger partial charge in [-0.15, -0.1) is 0 Å². The number of hydrogen-bond acceptors (Lipinski definition) is 5. The summed E-state index contributed by atoms with van der Waals surface area (Å²) in [6.45, 7) is 5.22. The van der Waals surface area contributed by atoms with Crippen LogP contribution in [0.1, 0.15) is 47.5 Å². The van der Waals surface area contributed by atoms with Crippen molar-refractivity contribution in [2.45, 2.75) is 39.7 Å². The van der Waals surface area contributed by atoms with Crippen molar-refractivity contribution < 1.29 is 9.18 Å². The van der Waals surface area contributed by atoms with Crippen LogP contribution in [-0.2, 0) is 11.2 Å². The lowest BCUT2D eigenvalue weighted by molar-refractivity contribution is -0.121. The van der Waals surface area contributed by atoms with Crippen molar-refractivity contribution >= 4 is 16.8 Å². The third-order valence-corrected chi connectivity index (χ3v) is 4.94. The molecule has 3 rings (SSSR count). The molecule has 2 aromatic heterocycles. The molecule has 2 N–H and O–H groups in total. The molecule has 3 aromatic rings. The molecule has 8 heteroatoms. The van der Waals surface area contributed by atoms with Crippen LogP contribution < -0.4 is 10.9 Å². The quantitative estimate of drug-likeness (QED) is 0.692. The van der Waals surface area contributed by atoms with E-state index in [0.29, 0.717) is 45.4 Å². The summed E-state index contributed by atoms with van der Waals surface area (Å²) < 4.78 is 14.0. The van der Waals surface area contributed by atoms with Gasteiger partial charge in [0.25, 0.3) is 5.56 Å². The highest BCUT2D eigenvalue weighted by Gasteiger charge is 2.19. The number of pyridine rings is 1. The Morgan fingerprint density at radius 1 is 1.28 bits per heavy atom. The molecule has 0 bridgehead atoms. The van der Waals surface area contributed by atoms with Crippen LogP contribution in [-0.4, -0.2) is 20.9 Å². The Morgan fingerprint density at radius 3 is 2.59 bits per heavy atom. The van der Waals surface area contributed by atoms with E-state index in [2.05, 4.69) is 20.3 Å². The molecule has 29 heavy (non-hydrogen) atoms. The average molecular weight is 393 g/mol. The summed E-state index contributed by atoms with van der Waals surface area (Å²) in [6.07, 6.45) is 3.17. The summed E-state index contributed by atoms with van der Waals surface area (Å²) in [5.74, 6) is -0.346. The molecule has 0 fully saturated rings. The average Bonchev–Trinajstić information content (AvgIpc) is 2.72. The van der Waals surface area contributed by atoms with Crippen molar-refractivity contribution in [3.63, 3.8) is 0 Å². The highest BCUT2D eigenvalue weighted by Crippen LogP contribution is 2.24. The first-order valence-corrected chi connectivity index (χ1v) is 9.17. The maximum absolute atomic E-state index is 14.0. The van der Waals surface area contributed by atoms with E-state index in [0.717, 1.165) is 0 Å². The Balaban J connectivity index is 1.88. The number of nitrogens with one attached hydrogen (secondary N) is 2. The normalized spacial score (nSPS) is 11.8. The number of halogens is 1. The molecular formula is C21H20FN5O2. The number of carbonyl (C=O) groups excluding carboxylic acids is 1. The molecular weight excluding hydrogens is 373 g/mol. The predicted molar refractivity (Wildman–Crippen MR) is 106 cm³/mol. The van der Waals surface area contributed by atoms with E-state index in [1.54, 1.807) is 13.8 Å². The summed E-state index contributed by atoms with van der Waals surface area (Å²) in [5.41, 5.74) is 1.79. The third kappa shape index (κ3) is 3.99. The number of aromatic amines is 1. The number of benzene rings is 1. The van der Waals surface area contributed by atoms with E-state index >= 15 is 0 Å². The van der Waals surface area contributed by atoms with Crippen LogP contribution >= 0.6 is 0 Å². The number of amides is 1. The van der Waals surface area contributed by atoms with Crippen molar-refractivity contribution in [3.05, 3.63) is 68.8 Å². The molecule has 0 aliphatic heterocycles. The molecule has 2 heterocycles. The third-order valence-electron chi connectivity index (χ3n) is 4.94. The first kappa shape index (κ1) is 20.1. The summed E-state index contributed by atoms with van der Waals surface area (Å²) in [6, 6.07) is 4.32. The number of H-pyrrole nitrogens is 1. The molecule has 7 nitrogen and oxygen atoms in total. The molecule has 148 valence electrons. The molecule has 0 aliphatic rings. The van der Waals surface area contributed by atoms with Crippen LogP contribution in [0.3, 0.4) is 0 Å². The number of rotatable bonds is 5. The largest absolute Gasteiger partial charge is 0.346 e. The molecule has 1 aromatic carbocycles. The number of nitrogens with zero attached hydrogens (tertiary/aromatic N) is 3. The molecule has 0 unspecified atom stereocenters. The van der Waals surface area contributed by atoms with E-state index in [1.807, 2.05) is 13.0 Å². The van der Waals surface area contributed by atoms with Crippen molar-refractivity contribution in [1.82, 2.24) is 20.3 Å². The lowest BCUT2D eigenvalue weighted by Crippen LogP contribution is -2.32. The van der Waals surface area contributed by atoms with Gasteiger partial charge in [-0.1, -0.05) is 6.92 Å². The Bertz CT molecular complexity index is 1180. The molecule has 0 saturated carbocycles. The van der Waals surface area contributed by atoms with Gasteiger partial charge in [-0.25, -0.2) is 14.4 Å². The molecule has 1 amide bonds. The molecule has 0 radical (unpaired) electrons. The van der Waals surface area contributed by atoms with Crippen LogP contribution in [0, 0.1) is 31.0 Å². The smallest absolute Gasteiger partial charge is 0.252 e. The van der Waals surface area contributed by atoms with E-state index < -0.39 is 6.04 Å². The number of fused-ring (bicyclic) bond motifs is 1. The number of nitriles is 1. The van der Waals surface area contributed by atoms with Crippen LogP contribution in [0.15, 0.2) is 29.3 Å². The van der Waals surface area contributed by atoms with Gasteiger partial charge in [0.05, 0.1) is 18.0 Å². The fourth-order valence-corrected chi connectivity index (χ4v) is 3.34. The van der Waals surface area contributed by atoms with Crippen molar-refractivity contribution in [1.29, 1.82) is 5.26 Å². The zero-order valence-electron chi connectivity index (χ0n) is 16.3. The van der Waals surface area contributed by atoms with Gasteiger partial charge in [0.2, 0.25) is 5.91 Å². The van der Waals surface area contributed by atoms with E-state index in [1.165, 1.54) is 24.5 Å². The van der Waals surface area contributed by atoms with Gasteiger partial charge in [-0.3, -0.25) is 9.59 Å². The van der Waals surface area contributed by atoms with E-state index in [4.69, 9.17) is 5.26 Å². The molecule has 0 aliphatic carbocycles. The number of aromatic nitrogens is 3. The van der Waals surface area contributed by atoms with Gasteiger partial charge in [0, 0.05) is 28.9 Å². The molecule has 0 spiro atoms. The standard InChI is InChI=1S/C21H20FN5O2/c1-4-16(20-24-9-13(8-23)10-25-20)26-18(28)7-14-11(2)19-12(3)15(22)5-6-17(19)27-21(14)29/h5-6,9-10,16H,4,7H2,1-3H3,(H,26,28)(H,27,29)/t16-/m1/s1. The van der Waals surface area contributed by atoms with Crippen LogP contribution in [0.25, 0.3) is 10.9 Å². The van der Waals surface area contributed by atoms with E-state index in [9.17, 15) is 14.0 Å². The van der Waals surface area contributed by atoms with E-state index in [-0.39, 0.29) is 23.7 Å². The Hall–Kier alpha value is -3.60. The molecule has 0 saturated heterocycles. The maximum atomic E-state index is 14.0. The molecule has 1 atom stereocenters. The lowest BCUT2D eigenvalue weighted by atomic mass is 9.98. The summed E-state index contributed by atoms with van der Waals surface area (Å²) >= 11 is 0.